The van der Waals surface area contributed by atoms with Gasteiger partial charge in [0.05, 0.1) is 50.1 Å². The number of aromatic nitrogens is 2. The Kier molecular flexibility index (Phi) is 32.1. The van der Waals surface area contributed by atoms with Gasteiger partial charge in [0.25, 0.3) is 5.91 Å². The fraction of sp³-hybridized carbons (Fsp3) is 0.667. The highest BCUT2D eigenvalue weighted by molar-refractivity contribution is 7.89. The van der Waals surface area contributed by atoms with Gasteiger partial charge >= 0.3 is 11.9 Å². The number of carbonyl (C=O) groups is 4. The topological polar surface area (TPSA) is 239 Å². The molecule has 0 saturated carbocycles. The number of carbonyl (C=O) groups excluding carboxylic acids is 2. The molecule has 1 aromatic carbocycles. The highest BCUT2D eigenvalue weighted by atomic mass is 32.2. The normalized spacial score (nSPS) is 11.1. The van der Waals surface area contributed by atoms with Crippen molar-refractivity contribution in [2.75, 3.05) is 73.1 Å². The Bertz CT molecular complexity index is 1550. The van der Waals surface area contributed by atoms with E-state index in [0.717, 1.165) is 32.1 Å². The smallest absolute Gasteiger partial charge is 0.329 e. The van der Waals surface area contributed by atoms with Crippen LogP contribution in [0.2, 0.25) is 0 Å². The standard InChI is InChI=1S/C23H39NO5S.C19H29N3O8/c1-24-30(27,28)22-18-16-21(17-19-22)29-20-14-12-10-8-6-4-2-3-5-7-9-11-13-15-23(25)26;1-15-21-11-16(12-22-15)19(26)20-4-6-28-8-9-29-13-17(23)3-2-5-27-7-10-30-14-18(24)25/h16-19,24H,2-15,20H2,1H3,(H,25,26);11-12H,2-10,13-14H2,1H3,(H,20,26)(H,24,25). The van der Waals surface area contributed by atoms with Crippen LogP contribution in [-0.4, -0.2) is 125 Å². The van der Waals surface area contributed by atoms with Crippen molar-refractivity contribution < 1.29 is 61.5 Å². The van der Waals surface area contributed by atoms with Crippen LogP contribution in [0.5, 0.6) is 5.75 Å². The van der Waals surface area contributed by atoms with E-state index < -0.39 is 22.0 Å². The molecule has 0 unspecified atom stereocenters. The molecule has 0 fully saturated rings. The Labute approximate surface area is 355 Å². The van der Waals surface area contributed by atoms with Gasteiger partial charge in [-0.05, 0) is 57.5 Å². The van der Waals surface area contributed by atoms with Crippen molar-refractivity contribution in [3.63, 3.8) is 0 Å². The number of ether oxygens (including phenoxy) is 5. The first kappa shape index (κ1) is 53.9. The van der Waals surface area contributed by atoms with E-state index >= 15 is 0 Å². The van der Waals surface area contributed by atoms with Crippen molar-refractivity contribution in [2.24, 2.45) is 0 Å². The number of carboxylic acids is 2. The van der Waals surface area contributed by atoms with Crippen LogP contribution >= 0.6 is 0 Å². The lowest BCUT2D eigenvalue weighted by Crippen LogP contribution is -2.28. The van der Waals surface area contributed by atoms with Crippen molar-refractivity contribution in [3.05, 3.63) is 48.0 Å². The molecule has 0 spiro atoms. The highest BCUT2D eigenvalue weighted by Gasteiger charge is 2.11. The minimum absolute atomic E-state index is 0.00917. The summed E-state index contributed by atoms with van der Waals surface area (Å²) < 4.78 is 51.9. The molecule has 1 heterocycles. The second-order valence-electron chi connectivity index (χ2n) is 13.9. The number of rotatable bonds is 37. The number of Topliss-reactive ketones (excluding diaryl/α,β-unsaturated/α-hetero) is 1. The molecular weight excluding hydrogens is 801 g/mol. The quantitative estimate of drug-likeness (QED) is 0.0611. The van der Waals surface area contributed by atoms with Crippen LogP contribution < -0.4 is 14.8 Å². The molecule has 0 bridgehead atoms. The van der Waals surface area contributed by atoms with E-state index in [-0.39, 0.29) is 49.6 Å². The van der Waals surface area contributed by atoms with Gasteiger partial charge in [0.15, 0.2) is 5.78 Å². The molecule has 0 aliphatic rings. The van der Waals surface area contributed by atoms with Crippen LogP contribution in [0.1, 0.15) is 119 Å². The van der Waals surface area contributed by atoms with E-state index in [2.05, 4.69) is 20.0 Å². The van der Waals surface area contributed by atoms with E-state index in [0.29, 0.717) is 69.4 Å². The molecule has 0 radical (unpaired) electrons. The Morgan fingerprint density at radius 1 is 0.600 bits per heavy atom. The van der Waals surface area contributed by atoms with E-state index in [1.54, 1.807) is 31.2 Å². The second kappa shape index (κ2) is 35.7. The number of carboxylic acid groups (broad SMARTS) is 2. The summed E-state index contributed by atoms with van der Waals surface area (Å²) in [6.45, 7) is 4.20. The molecule has 4 N–H and O–H groups in total. The summed E-state index contributed by atoms with van der Waals surface area (Å²) >= 11 is 0. The van der Waals surface area contributed by atoms with Crippen LogP contribution in [-0.2, 0) is 43.4 Å². The van der Waals surface area contributed by atoms with Crippen molar-refractivity contribution in [2.45, 2.75) is 115 Å². The van der Waals surface area contributed by atoms with Gasteiger partial charge in [-0.25, -0.2) is 27.9 Å². The predicted molar refractivity (Wildman–Crippen MR) is 225 cm³/mol. The molecule has 2 rings (SSSR count). The number of sulfonamides is 1. The molecule has 60 heavy (non-hydrogen) atoms. The molecule has 340 valence electrons. The van der Waals surface area contributed by atoms with Crippen molar-refractivity contribution in [3.8, 4) is 5.75 Å². The number of amides is 1. The van der Waals surface area contributed by atoms with E-state index in [9.17, 15) is 27.6 Å². The summed E-state index contributed by atoms with van der Waals surface area (Å²) in [6.07, 6.45) is 19.5. The van der Waals surface area contributed by atoms with E-state index in [1.165, 1.54) is 70.8 Å². The number of aliphatic carboxylic acids is 2. The van der Waals surface area contributed by atoms with Gasteiger partial charge in [-0.15, -0.1) is 0 Å². The average molecular weight is 869 g/mol. The molecule has 1 amide bonds. The number of nitrogens with zero attached hydrogens (tertiary/aromatic N) is 2. The summed E-state index contributed by atoms with van der Waals surface area (Å²) in [5.41, 5.74) is 0.388. The number of hydrogen-bond acceptors (Lipinski definition) is 13. The van der Waals surface area contributed by atoms with Crippen LogP contribution in [0.4, 0.5) is 0 Å². The summed E-state index contributed by atoms with van der Waals surface area (Å²) in [7, 11) is -1.99. The summed E-state index contributed by atoms with van der Waals surface area (Å²) in [4.78, 5) is 52.3. The van der Waals surface area contributed by atoms with Gasteiger partial charge in [0.1, 0.15) is 24.8 Å². The lowest BCUT2D eigenvalue weighted by atomic mass is 10.0. The SMILES string of the molecule is CNS(=O)(=O)c1ccc(OCCCCCCCCCCCCCCCC(=O)O)cc1.Cc1ncc(C(=O)NCCOCCOCC(=O)CCCOCCOCC(=O)O)cn1. The number of benzene rings is 1. The largest absolute Gasteiger partial charge is 0.494 e. The van der Waals surface area contributed by atoms with E-state index in [4.69, 9.17) is 33.9 Å². The molecule has 0 aliphatic heterocycles. The van der Waals surface area contributed by atoms with Gasteiger partial charge in [-0.1, -0.05) is 70.6 Å². The third kappa shape index (κ3) is 30.9. The molecular formula is C42H68N4O13S. The minimum Gasteiger partial charge on any atom is -0.494 e. The molecule has 0 atom stereocenters. The maximum atomic E-state index is 11.8. The van der Waals surface area contributed by atoms with Gasteiger partial charge in [0.2, 0.25) is 10.0 Å². The lowest BCUT2D eigenvalue weighted by molar-refractivity contribution is -0.143. The molecule has 0 aliphatic carbocycles. The first-order valence-electron chi connectivity index (χ1n) is 20.9. The Morgan fingerprint density at radius 3 is 1.67 bits per heavy atom. The Hall–Kier alpha value is -4.07. The Balaban J connectivity index is 0.000000600. The number of aryl methyl sites for hydroxylation is 1. The average Bonchev–Trinajstić information content (AvgIpc) is 3.23. The first-order valence-corrected chi connectivity index (χ1v) is 22.4. The van der Waals surface area contributed by atoms with Crippen LogP contribution in [0.15, 0.2) is 41.6 Å². The number of ketones is 1. The second-order valence-corrected chi connectivity index (χ2v) is 15.8. The zero-order chi connectivity index (χ0) is 44.1. The van der Waals surface area contributed by atoms with Crippen LogP contribution in [0, 0.1) is 6.92 Å². The Morgan fingerprint density at radius 2 is 1.12 bits per heavy atom. The zero-order valence-corrected chi connectivity index (χ0v) is 36.4. The highest BCUT2D eigenvalue weighted by Crippen LogP contribution is 2.17. The molecule has 2 aromatic rings. The number of unbranched alkanes of at least 4 members (excludes halogenated alkanes) is 12. The summed E-state index contributed by atoms with van der Waals surface area (Å²) in [5.74, 6) is -0.706. The fourth-order valence-electron chi connectivity index (χ4n) is 5.42. The van der Waals surface area contributed by atoms with Crippen molar-refractivity contribution in [1.29, 1.82) is 0 Å². The van der Waals surface area contributed by atoms with Gasteiger partial charge in [-0.2, -0.15) is 0 Å². The van der Waals surface area contributed by atoms with E-state index in [1.807, 2.05) is 0 Å². The third-order valence-corrected chi connectivity index (χ3v) is 10.2. The summed E-state index contributed by atoms with van der Waals surface area (Å²) in [6, 6.07) is 6.50. The number of hydrogen-bond donors (Lipinski definition) is 4. The monoisotopic (exact) mass is 868 g/mol. The zero-order valence-electron chi connectivity index (χ0n) is 35.5. The van der Waals surface area contributed by atoms with Crippen LogP contribution in [0.3, 0.4) is 0 Å². The molecule has 0 saturated heterocycles. The fourth-order valence-corrected chi connectivity index (χ4v) is 6.15. The summed E-state index contributed by atoms with van der Waals surface area (Å²) in [5, 5.41) is 19.7. The maximum absolute atomic E-state index is 11.8. The molecule has 18 heteroatoms. The first-order chi connectivity index (χ1) is 28.9. The predicted octanol–water partition coefficient (Wildman–Crippen LogP) is 5.53. The molecule has 17 nitrogen and oxygen atoms in total. The lowest BCUT2D eigenvalue weighted by Gasteiger charge is -2.07. The van der Waals surface area contributed by atoms with Crippen molar-refractivity contribution in [1.82, 2.24) is 20.0 Å². The van der Waals surface area contributed by atoms with Gasteiger partial charge in [-0.3, -0.25) is 14.4 Å². The molecule has 1 aromatic heterocycles. The third-order valence-electron chi connectivity index (χ3n) is 8.76. The number of nitrogens with one attached hydrogen (secondary N) is 2. The maximum Gasteiger partial charge on any atom is 0.329 e. The minimum atomic E-state index is -3.39. The van der Waals surface area contributed by atoms with Crippen LogP contribution in [0.25, 0.3) is 0 Å². The van der Waals surface area contributed by atoms with Gasteiger partial charge < -0.3 is 39.2 Å². The van der Waals surface area contributed by atoms with Crippen molar-refractivity contribution >= 4 is 33.7 Å². The van der Waals surface area contributed by atoms with Gasteiger partial charge in [0, 0.05) is 38.4 Å².